The molecular weight excluding hydrogens is 386 g/mol. The lowest BCUT2D eigenvalue weighted by atomic mass is 10.1. The molecule has 27 heavy (non-hydrogen) atoms. The Morgan fingerprint density at radius 2 is 2.19 bits per heavy atom. The number of carboxylic acids is 1. The van der Waals surface area contributed by atoms with Crippen molar-refractivity contribution < 1.29 is 14.6 Å². The van der Waals surface area contributed by atoms with E-state index in [1.807, 2.05) is 30.3 Å². The standard InChI is InChI=1S/C19H24ClN3O3S/c1-19(2,18(24)25)26-11-14(21-3)8-16(17-10-22-12-27-17)23-9-13-6-4-5-7-15(13)20/h4-8,10,12,14,21,23H,9,11H2,1-3H3,(H,24,25)/b16-8-. The Balaban J connectivity index is 2.14. The van der Waals surface area contributed by atoms with E-state index in [1.165, 1.54) is 25.2 Å². The third-order valence-corrected chi connectivity index (χ3v) is 5.18. The SMILES string of the molecule is CNC(/C=C(\NCc1ccccc1Cl)c1cncs1)COC(C)(C)C(=O)O. The lowest BCUT2D eigenvalue weighted by molar-refractivity contribution is -0.161. The summed E-state index contributed by atoms with van der Waals surface area (Å²) in [7, 11) is 1.80. The molecule has 0 bridgehead atoms. The van der Waals surface area contributed by atoms with Gasteiger partial charge in [-0.3, -0.25) is 4.98 Å². The summed E-state index contributed by atoms with van der Waals surface area (Å²) in [5.41, 5.74) is 2.38. The molecule has 1 atom stereocenters. The molecule has 1 aromatic heterocycles. The molecule has 0 amide bonds. The van der Waals surface area contributed by atoms with E-state index < -0.39 is 11.6 Å². The van der Waals surface area contributed by atoms with Crippen molar-refractivity contribution in [2.75, 3.05) is 13.7 Å². The number of aliphatic carboxylic acids is 1. The zero-order valence-corrected chi connectivity index (χ0v) is 17.1. The minimum Gasteiger partial charge on any atom is -0.479 e. The number of likely N-dealkylation sites (N-methyl/N-ethyl adjacent to an activating group) is 1. The highest BCUT2D eigenvalue weighted by molar-refractivity contribution is 7.10. The summed E-state index contributed by atoms with van der Waals surface area (Å²) in [6.07, 6.45) is 3.76. The highest BCUT2D eigenvalue weighted by Crippen LogP contribution is 2.20. The zero-order valence-electron chi connectivity index (χ0n) is 15.5. The maximum atomic E-state index is 11.2. The van der Waals surface area contributed by atoms with Crippen LogP contribution in [0.4, 0.5) is 0 Å². The Kier molecular flexibility index (Phi) is 7.79. The van der Waals surface area contributed by atoms with Crippen LogP contribution in [-0.2, 0) is 16.1 Å². The Morgan fingerprint density at radius 3 is 2.78 bits per heavy atom. The van der Waals surface area contributed by atoms with Crippen LogP contribution >= 0.6 is 22.9 Å². The predicted octanol–water partition coefficient (Wildman–Crippen LogP) is 3.40. The molecule has 0 saturated heterocycles. The number of nitrogens with one attached hydrogen (secondary N) is 2. The Bertz CT molecular complexity index is 778. The van der Waals surface area contributed by atoms with Crippen molar-refractivity contribution in [3.8, 4) is 0 Å². The minimum atomic E-state index is -1.25. The van der Waals surface area contributed by atoms with Crippen molar-refractivity contribution in [2.45, 2.75) is 32.0 Å². The first-order chi connectivity index (χ1) is 12.8. The number of hydrogen-bond acceptors (Lipinski definition) is 6. The molecular formula is C19H24ClN3O3S. The van der Waals surface area contributed by atoms with Gasteiger partial charge in [-0.05, 0) is 38.6 Å². The number of carboxylic acid groups (broad SMARTS) is 1. The second kappa shape index (κ2) is 9.85. The molecule has 0 aliphatic carbocycles. The van der Waals surface area contributed by atoms with Crippen LogP contribution in [0.1, 0.15) is 24.3 Å². The molecule has 146 valence electrons. The van der Waals surface area contributed by atoms with E-state index in [9.17, 15) is 9.90 Å². The van der Waals surface area contributed by atoms with Crippen LogP contribution in [-0.4, -0.2) is 41.4 Å². The van der Waals surface area contributed by atoms with Gasteiger partial charge in [0.05, 0.1) is 28.7 Å². The summed E-state index contributed by atoms with van der Waals surface area (Å²) in [5.74, 6) is -0.999. The normalized spacial score (nSPS) is 13.4. The Morgan fingerprint density at radius 1 is 1.44 bits per heavy atom. The summed E-state index contributed by atoms with van der Waals surface area (Å²) in [4.78, 5) is 16.3. The van der Waals surface area contributed by atoms with Gasteiger partial charge < -0.3 is 20.5 Å². The number of thiazole rings is 1. The molecule has 0 radical (unpaired) electrons. The highest BCUT2D eigenvalue weighted by Gasteiger charge is 2.28. The van der Waals surface area contributed by atoms with Crippen LogP contribution in [0.15, 0.2) is 42.0 Å². The summed E-state index contributed by atoms with van der Waals surface area (Å²) in [6.45, 7) is 3.84. The van der Waals surface area contributed by atoms with Gasteiger partial charge in [0, 0.05) is 17.8 Å². The molecule has 6 nitrogen and oxygen atoms in total. The molecule has 0 fully saturated rings. The number of halogens is 1. The van der Waals surface area contributed by atoms with Gasteiger partial charge in [0.25, 0.3) is 0 Å². The van der Waals surface area contributed by atoms with Crippen LogP contribution < -0.4 is 10.6 Å². The third-order valence-electron chi connectivity index (χ3n) is 4.00. The van der Waals surface area contributed by atoms with Crippen LogP contribution in [0.25, 0.3) is 5.70 Å². The van der Waals surface area contributed by atoms with E-state index in [-0.39, 0.29) is 12.6 Å². The van der Waals surface area contributed by atoms with Crippen molar-refractivity contribution in [1.29, 1.82) is 0 Å². The average Bonchev–Trinajstić information content (AvgIpc) is 3.17. The van der Waals surface area contributed by atoms with Gasteiger partial charge in [0.1, 0.15) is 0 Å². The number of carbonyl (C=O) groups is 1. The summed E-state index contributed by atoms with van der Waals surface area (Å²) < 4.78 is 5.58. The molecule has 1 heterocycles. The van der Waals surface area contributed by atoms with Crippen molar-refractivity contribution >= 4 is 34.6 Å². The van der Waals surface area contributed by atoms with Gasteiger partial charge in [-0.15, -0.1) is 11.3 Å². The molecule has 0 aliphatic heterocycles. The summed E-state index contributed by atoms with van der Waals surface area (Å²) in [6, 6.07) is 7.47. The molecule has 2 aromatic rings. The Hall–Kier alpha value is -1.93. The van der Waals surface area contributed by atoms with Crippen LogP contribution in [0.2, 0.25) is 5.02 Å². The maximum Gasteiger partial charge on any atom is 0.335 e. The smallest absolute Gasteiger partial charge is 0.335 e. The quantitative estimate of drug-likeness (QED) is 0.557. The lowest BCUT2D eigenvalue weighted by Gasteiger charge is -2.23. The lowest BCUT2D eigenvalue weighted by Crippen LogP contribution is -2.40. The molecule has 2 rings (SSSR count). The molecule has 8 heteroatoms. The fourth-order valence-corrected chi connectivity index (χ4v) is 3.01. The van der Waals surface area contributed by atoms with Gasteiger partial charge in [0.2, 0.25) is 0 Å². The molecule has 3 N–H and O–H groups in total. The van der Waals surface area contributed by atoms with Crippen molar-refractivity contribution in [2.24, 2.45) is 0 Å². The van der Waals surface area contributed by atoms with Gasteiger partial charge in [-0.25, -0.2) is 4.79 Å². The van der Waals surface area contributed by atoms with Gasteiger partial charge in [0.15, 0.2) is 5.60 Å². The summed E-state index contributed by atoms with van der Waals surface area (Å²) >= 11 is 7.75. The fourth-order valence-electron chi connectivity index (χ4n) is 2.18. The van der Waals surface area contributed by atoms with E-state index in [0.717, 1.165) is 16.1 Å². The first kappa shape index (κ1) is 21.4. The van der Waals surface area contributed by atoms with Crippen molar-refractivity contribution in [3.05, 3.63) is 57.5 Å². The van der Waals surface area contributed by atoms with E-state index in [0.29, 0.717) is 11.6 Å². The predicted molar refractivity (Wildman–Crippen MR) is 109 cm³/mol. The monoisotopic (exact) mass is 409 g/mol. The van der Waals surface area contributed by atoms with Gasteiger partial charge >= 0.3 is 5.97 Å². The van der Waals surface area contributed by atoms with Crippen molar-refractivity contribution in [3.63, 3.8) is 0 Å². The summed E-state index contributed by atoms with van der Waals surface area (Å²) in [5, 5.41) is 16.4. The number of aromatic nitrogens is 1. The van der Waals surface area contributed by atoms with E-state index in [4.69, 9.17) is 16.3 Å². The number of rotatable bonds is 10. The first-order valence-corrected chi connectivity index (χ1v) is 9.72. The largest absolute Gasteiger partial charge is 0.479 e. The second-order valence-corrected chi connectivity index (χ2v) is 7.71. The number of benzene rings is 1. The maximum absolute atomic E-state index is 11.2. The van der Waals surface area contributed by atoms with E-state index >= 15 is 0 Å². The first-order valence-electron chi connectivity index (χ1n) is 8.46. The third kappa shape index (κ3) is 6.32. The van der Waals surface area contributed by atoms with Crippen molar-refractivity contribution in [1.82, 2.24) is 15.6 Å². The molecule has 0 aliphatic rings. The topological polar surface area (TPSA) is 83.5 Å². The van der Waals surface area contributed by atoms with Crippen LogP contribution in [0.5, 0.6) is 0 Å². The second-order valence-electron chi connectivity index (χ2n) is 6.41. The van der Waals surface area contributed by atoms with E-state index in [2.05, 4.69) is 15.6 Å². The fraction of sp³-hybridized carbons (Fsp3) is 0.368. The number of ether oxygens (including phenoxy) is 1. The van der Waals surface area contributed by atoms with Crippen LogP contribution in [0.3, 0.4) is 0 Å². The molecule has 1 aromatic carbocycles. The molecule has 0 spiro atoms. The van der Waals surface area contributed by atoms with Gasteiger partial charge in [-0.2, -0.15) is 0 Å². The minimum absolute atomic E-state index is 0.181. The zero-order chi connectivity index (χ0) is 19.9. The molecule has 1 unspecified atom stereocenters. The highest BCUT2D eigenvalue weighted by atomic mass is 35.5. The number of nitrogens with zero attached hydrogens (tertiary/aromatic N) is 1. The Labute approximate surface area is 168 Å². The average molecular weight is 410 g/mol. The number of hydrogen-bond donors (Lipinski definition) is 3. The van der Waals surface area contributed by atoms with Gasteiger partial charge in [-0.1, -0.05) is 29.8 Å². The van der Waals surface area contributed by atoms with E-state index in [1.54, 1.807) is 18.8 Å². The molecule has 0 saturated carbocycles. The van der Waals surface area contributed by atoms with Crippen LogP contribution in [0, 0.1) is 0 Å².